The second-order valence-electron chi connectivity index (χ2n) is 4.54. The molecule has 0 aliphatic carbocycles. The molecule has 2 N–H and O–H groups in total. The fourth-order valence-corrected chi connectivity index (χ4v) is 1.68. The predicted octanol–water partition coefficient (Wildman–Crippen LogP) is 3.12. The number of hydrogen-bond donors (Lipinski definition) is 2. The zero-order valence-electron chi connectivity index (χ0n) is 11.0. The van der Waals surface area contributed by atoms with E-state index in [0.29, 0.717) is 0 Å². The molecule has 0 bridgehead atoms. The third-order valence-corrected chi connectivity index (χ3v) is 2.46. The predicted molar refractivity (Wildman–Crippen MR) is 72.9 cm³/mol. The molecule has 0 atom stereocenters. The highest BCUT2D eigenvalue weighted by atomic mass is 16.5. The van der Waals surface area contributed by atoms with Gasteiger partial charge in [-0.05, 0) is 45.0 Å². The van der Waals surface area contributed by atoms with E-state index in [-0.39, 0.29) is 6.10 Å². The van der Waals surface area contributed by atoms with Crippen LogP contribution in [0.25, 0.3) is 0 Å². The lowest BCUT2D eigenvalue weighted by atomic mass is 10.3. The Bertz CT molecular complexity index is 488. The van der Waals surface area contributed by atoms with Gasteiger partial charge in [0, 0.05) is 5.69 Å². The van der Waals surface area contributed by atoms with Crippen LogP contribution in [0, 0.1) is 6.92 Å². The standard InChI is InChI=1S/C14H19N3O/c1-10(2)18-14-6-4-12(5-7-14)16-9-13-8-15-11(3)17-13/h4-8,10,16H,9H2,1-3H3,(H,15,17). The van der Waals surface area contributed by atoms with Gasteiger partial charge in [-0.2, -0.15) is 0 Å². The molecule has 0 amide bonds. The van der Waals surface area contributed by atoms with Crippen LogP contribution >= 0.6 is 0 Å². The molecule has 0 unspecified atom stereocenters. The van der Waals surface area contributed by atoms with Gasteiger partial charge < -0.3 is 15.0 Å². The highest BCUT2D eigenvalue weighted by Gasteiger charge is 1.99. The SMILES string of the molecule is Cc1ncc(CNc2ccc(OC(C)C)cc2)[nH]1. The molecule has 1 heterocycles. The Morgan fingerprint density at radius 2 is 2.00 bits per heavy atom. The molecule has 1 aromatic heterocycles. The lowest BCUT2D eigenvalue weighted by molar-refractivity contribution is 0.242. The van der Waals surface area contributed by atoms with Gasteiger partial charge in [-0.15, -0.1) is 0 Å². The summed E-state index contributed by atoms with van der Waals surface area (Å²) in [6, 6.07) is 7.98. The number of hydrogen-bond acceptors (Lipinski definition) is 3. The first-order valence-electron chi connectivity index (χ1n) is 6.14. The molecule has 2 rings (SSSR count). The van der Waals surface area contributed by atoms with E-state index in [0.717, 1.165) is 29.5 Å². The summed E-state index contributed by atoms with van der Waals surface area (Å²) in [5.74, 6) is 1.83. The first-order chi connectivity index (χ1) is 8.63. The minimum absolute atomic E-state index is 0.205. The van der Waals surface area contributed by atoms with E-state index in [1.165, 1.54) is 0 Å². The number of H-pyrrole nitrogens is 1. The highest BCUT2D eigenvalue weighted by Crippen LogP contribution is 2.17. The lowest BCUT2D eigenvalue weighted by Gasteiger charge is -2.10. The van der Waals surface area contributed by atoms with Crippen molar-refractivity contribution in [1.82, 2.24) is 9.97 Å². The Balaban J connectivity index is 1.90. The fraction of sp³-hybridized carbons (Fsp3) is 0.357. The lowest BCUT2D eigenvalue weighted by Crippen LogP contribution is -2.05. The number of benzene rings is 1. The number of nitrogens with one attached hydrogen (secondary N) is 2. The van der Waals surface area contributed by atoms with Crippen LogP contribution in [0.5, 0.6) is 5.75 Å². The Morgan fingerprint density at radius 3 is 2.56 bits per heavy atom. The summed E-state index contributed by atoms with van der Waals surface area (Å²) in [6.07, 6.45) is 2.05. The third kappa shape index (κ3) is 3.52. The van der Waals surface area contributed by atoms with Crippen molar-refractivity contribution in [1.29, 1.82) is 0 Å². The minimum Gasteiger partial charge on any atom is -0.491 e. The number of nitrogens with zero attached hydrogens (tertiary/aromatic N) is 1. The number of imidazole rings is 1. The largest absolute Gasteiger partial charge is 0.491 e. The zero-order valence-corrected chi connectivity index (χ0v) is 11.0. The molecular formula is C14H19N3O. The number of aromatic nitrogens is 2. The van der Waals surface area contributed by atoms with E-state index in [2.05, 4.69) is 15.3 Å². The van der Waals surface area contributed by atoms with Crippen molar-refractivity contribution in [2.45, 2.75) is 33.4 Å². The molecule has 0 aliphatic rings. The van der Waals surface area contributed by atoms with Crippen LogP contribution in [-0.4, -0.2) is 16.1 Å². The molecular weight excluding hydrogens is 226 g/mol. The van der Waals surface area contributed by atoms with E-state index in [4.69, 9.17) is 4.74 Å². The van der Waals surface area contributed by atoms with Crippen LogP contribution in [0.1, 0.15) is 25.4 Å². The summed E-state index contributed by atoms with van der Waals surface area (Å²) >= 11 is 0. The summed E-state index contributed by atoms with van der Waals surface area (Å²) in [5, 5.41) is 3.33. The van der Waals surface area contributed by atoms with E-state index in [1.807, 2.05) is 51.2 Å². The van der Waals surface area contributed by atoms with Gasteiger partial charge in [-0.1, -0.05) is 0 Å². The molecule has 0 radical (unpaired) electrons. The third-order valence-electron chi connectivity index (χ3n) is 2.46. The van der Waals surface area contributed by atoms with Gasteiger partial charge in [0.25, 0.3) is 0 Å². The van der Waals surface area contributed by atoms with Crippen LogP contribution < -0.4 is 10.1 Å². The van der Waals surface area contributed by atoms with Gasteiger partial charge >= 0.3 is 0 Å². The molecule has 0 fully saturated rings. The molecule has 96 valence electrons. The zero-order chi connectivity index (χ0) is 13.0. The smallest absolute Gasteiger partial charge is 0.119 e. The van der Waals surface area contributed by atoms with Crippen LogP contribution in [-0.2, 0) is 6.54 Å². The number of anilines is 1. The topological polar surface area (TPSA) is 49.9 Å². The quantitative estimate of drug-likeness (QED) is 0.851. The molecule has 0 aliphatic heterocycles. The fourth-order valence-electron chi connectivity index (χ4n) is 1.68. The van der Waals surface area contributed by atoms with Crippen molar-refractivity contribution >= 4 is 5.69 Å². The average Bonchev–Trinajstić information content (AvgIpc) is 2.74. The molecule has 18 heavy (non-hydrogen) atoms. The Kier molecular flexibility index (Phi) is 3.87. The summed E-state index contributed by atoms with van der Waals surface area (Å²) in [7, 11) is 0. The number of ether oxygens (including phenoxy) is 1. The molecule has 0 saturated heterocycles. The van der Waals surface area contributed by atoms with Gasteiger partial charge in [-0.3, -0.25) is 0 Å². The summed E-state index contributed by atoms with van der Waals surface area (Å²) < 4.78 is 5.59. The van der Waals surface area contributed by atoms with E-state index >= 15 is 0 Å². The summed E-state index contributed by atoms with van der Waals surface area (Å²) in [4.78, 5) is 7.35. The summed E-state index contributed by atoms with van der Waals surface area (Å²) in [6.45, 7) is 6.73. The van der Waals surface area contributed by atoms with Gasteiger partial charge in [-0.25, -0.2) is 4.98 Å². The van der Waals surface area contributed by atoms with Crippen molar-refractivity contribution < 1.29 is 4.74 Å². The van der Waals surface area contributed by atoms with Crippen LogP contribution in [0.4, 0.5) is 5.69 Å². The van der Waals surface area contributed by atoms with Crippen molar-refractivity contribution in [3.05, 3.63) is 42.0 Å². The Hall–Kier alpha value is -1.97. The molecule has 4 nitrogen and oxygen atoms in total. The Morgan fingerprint density at radius 1 is 1.28 bits per heavy atom. The maximum absolute atomic E-state index is 5.59. The van der Waals surface area contributed by atoms with E-state index in [9.17, 15) is 0 Å². The van der Waals surface area contributed by atoms with Gasteiger partial charge in [0.1, 0.15) is 11.6 Å². The monoisotopic (exact) mass is 245 g/mol. The van der Waals surface area contributed by atoms with Crippen LogP contribution in [0.3, 0.4) is 0 Å². The summed E-state index contributed by atoms with van der Waals surface area (Å²) in [5.41, 5.74) is 2.15. The van der Waals surface area contributed by atoms with Gasteiger partial charge in [0.15, 0.2) is 0 Å². The molecule has 0 saturated carbocycles. The first-order valence-corrected chi connectivity index (χ1v) is 6.14. The van der Waals surface area contributed by atoms with Crippen molar-refractivity contribution in [2.75, 3.05) is 5.32 Å². The minimum atomic E-state index is 0.205. The molecule has 0 spiro atoms. The normalized spacial score (nSPS) is 10.7. The number of aryl methyl sites for hydroxylation is 1. The van der Waals surface area contributed by atoms with Crippen LogP contribution in [0.2, 0.25) is 0 Å². The number of rotatable bonds is 5. The van der Waals surface area contributed by atoms with E-state index < -0.39 is 0 Å². The maximum atomic E-state index is 5.59. The van der Waals surface area contributed by atoms with Gasteiger partial charge in [0.2, 0.25) is 0 Å². The molecule has 1 aromatic carbocycles. The molecule has 2 aromatic rings. The van der Waals surface area contributed by atoms with Crippen molar-refractivity contribution in [2.24, 2.45) is 0 Å². The second kappa shape index (κ2) is 5.58. The second-order valence-corrected chi connectivity index (χ2v) is 4.54. The first kappa shape index (κ1) is 12.5. The van der Waals surface area contributed by atoms with Crippen molar-refractivity contribution in [3.8, 4) is 5.75 Å². The average molecular weight is 245 g/mol. The highest BCUT2D eigenvalue weighted by molar-refractivity contribution is 5.46. The Labute approximate surface area is 107 Å². The molecule has 4 heteroatoms. The maximum Gasteiger partial charge on any atom is 0.119 e. The van der Waals surface area contributed by atoms with Crippen LogP contribution in [0.15, 0.2) is 30.5 Å². The van der Waals surface area contributed by atoms with Crippen molar-refractivity contribution in [3.63, 3.8) is 0 Å². The number of aromatic amines is 1. The van der Waals surface area contributed by atoms with Gasteiger partial charge in [0.05, 0.1) is 24.5 Å². The van der Waals surface area contributed by atoms with E-state index in [1.54, 1.807) is 0 Å².